The van der Waals surface area contributed by atoms with Crippen molar-refractivity contribution < 1.29 is 14.6 Å². The summed E-state index contributed by atoms with van der Waals surface area (Å²) in [5, 5.41) is 23.7. The van der Waals surface area contributed by atoms with Gasteiger partial charge < -0.3 is 19.5 Å². The van der Waals surface area contributed by atoms with Crippen LogP contribution in [0.1, 0.15) is 9.88 Å². The number of nitrogens with zero attached hydrogens (tertiary/aromatic N) is 2. The minimum Gasteiger partial charge on any atom is -0.510 e. The second kappa shape index (κ2) is 8.26. The van der Waals surface area contributed by atoms with E-state index in [-0.39, 0.29) is 5.76 Å². The van der Waals surface area contributed by atoms with Crippen molar-refractivity contribution in [3.8, 4) is 22.8 Å². The Balaban J connectivity index is 1.56. The molecule has 1 aliphatic heterocycles. The third kappa shape index (κ3) is 3.86. The van der Waals surface area contributed by atoms with Gasteiger partial charge in [0.15, 0.2) is 0 Å². The van der Waals surface area contributed by atoms with Crippen LogP contribution in [0.25, 0.3) is 16.8 Å². The first kappa shape index (κ1) is 19.5. The number of rotatable bonds is 7. The van der Waals surface area contributed by atoms with Crippen LogP contribution in [0, 0.1) is 5.41 Å². The number of aliphatic hydroxyl groups excluding tert-OH is 1. The third-order valence-electron chi connectivity index (χ3n) is 4.79. The molecule has 2 aromatic heterocycles. The first-order chi connectivity index (χ1) is 14.1. The lowest BCUT2D eigenvalue weighted by molar-refractivity contribution is 0.351. The van der Waals surface area contributed by atoms with Crippen molar-refractivity contribution in [2.45, 2.75) is 6.42 Å². The molecule has 0 amide bonds. The maximum absolute atomic E-state index is 10.5. The normalized spacial score (nSPS) is 14.0. The summed E-state index contributed by atoms with van der Waals surface area (Å²) in [4.78, 5) is 7.85. The summed E-state index contributed by atoms with van der Waals surface area (Å²) in [6.45, 7) is 1.03. The Hall–Kier alpha value is -2.84. The Morgan fingerprint density at radius 3 is 2.79 bits per heavy atom. The second-order valence-electron chi connectivity index (χ2n) is 6.53. The third-order valence-corrected chi connectivity index (χ3v) is 6.59. The highest BCUT2D eigenvalue weighted by molar-refractivity contribution is 7.11. The molecule has 1 aliphatic rings. The highest BCUT2D eigenvalue weighted by Gasteiger charge is 2.30. The van der Waals surface area contributed by atoms with Gasteiger partial charge in [-0.1, -0.05) is 6.07 Å². The standard InChI is InChI=1S/C21H21N3O3S2/c1-26-13-5-6-18(27-2)15(10-13)16-12-29-21(23-16)19-17(25)11-24(20(19)22)8-7-14-4-3-9-28-14/h3-6,9-10,12,22,25H,7-8,11H2,1-2H3. The molecule has 0 atom stereocenters. The molecule has 4 rings (SSSR count). The second-order valence-corrected chi connectivity index (χ2v) is 8.42. The van der Waals surface area contributed by atoms with Gasteiger partial charge in [0.05, 0.1) is 32.0 Å². The molecular formula is C21H21N3O3S2. The molecule has 0 spiro atoms. The van der Waals surface area contributed by atoms with Gasteiger partial charge in [-0.25, -0.2) is 4.98 Å². The molecule has 3 heterocycles. The molecule has 0 fully saturated rings. The molecule has 2 N–H and O–H groups in total. The molecule has 0 aliphatic carbocycles. The first-order valence-electron chi connectivity index (χ1n) is 9.07. The predicted molar refractivity (Wildman–Crippen MR) is 118 cm³/mol. The molecule has 0 radical (unpaired) electrons. The van der Waals surface area contributed by atoms with Gasteiger partial charge in [-0.3, -0.25) is 5.41 Å². The maximum Gasteiger partial charge on any atom is 0.135 e. The van der Waals surface area contributed by atoms with Crippen LogP contribution in [0.5, 0.6) is 11.5 Å². The van der Waals surface area contributed by atoms with Crippen molar-refractivity contribution in [3.05, 3.63) is 56.7 Å². The summed E-state index contributed by atoms with van der Waals surface area (Å²) in [6, 6.07) is 9.67. The van der Waals surface area contributed by atoms with Crippen molar-refractivity contribution in [2.24, 2.45) is 0 Å². The Bertz CT molecular complexity index is 1060. The van der Waals surface area contributed by atoms with E-state index < -0.39 is 0 Å². The van der Waals surface area contributed by atoms with E-state index in [1.54, 1.807) is 25.6 Å². The van der Waals surface area contributed by atoms with Gasteiger partial charge in [-0.15, -0.1) is 22.7 Å². The fourth-order valence-electron chi connectivity index (χ4n) is 3.28. The number of thiophene rings is 1. The van der Waals surface area contributed by atoms with Crippen LogP contribution >= 0.6 is 22.7 Å². The SMILES string of the molecule is COc1ccc(OC)c(-c2csc(C3=C(O)CN(CCc4cccs4)C3=N)n2)c1. The zero-order chi connectivity index (χ0) is 20.4. The van der Waals surface area contributed by atoms with Gasteiger partial charge >= 0.3 is 0 Å². The number of ether oxygens (including phenoxy) is 2. The van der Waals surface area contributed by atoms with Gasteiger partial charge in [0.25, 0.3) is 0 Å². The summed E-state index contributed by atoms with van der Waals surface area (Å²) in [5.74, 6) is 1.92. The van der Waals surface area contributed by atoms with E-state index in [0.717, 1.165) is 17.7 Å². The van der Waals surface area contributed by atoms with Crippen LogP contribution in [0.3, 0.4) is 0 Å². The fraction of sp³-hybridized carbons (Fsp3) is 0.238. The fourth-order valence-corrected chi connectivity index (χ4v) is 4.86. The van der Waals surface area contributed by atoms with Crippen LogP contribution in [0.15, 0.2) is 46.9 Å². The molecule has 0 saturated heterocycles. The van der Waals surface area contributed by atoms with Crippen LogP contribution in [-0.4, -0.2) is 48.1 Å². The molecule has 3 aromatic rings. The lowest BCUT2D eigenvalue weighted by atomic mass is 10.1. The minimum absolute atomic E-state index is 0.194. The molecule has 0 bridgehead atoms. The number of benzene rings is 1. The van der Waals surface area contributed by atoms with E-state index >= 15 is 0 Å². The highest BCUT2D eigenvalue weighted by atomic mass is 32.1. The Kier molecular flexibility index (Phi) is 5.55. The summed E-state index contributed by atoms with van der Waals surface area (Å²) >= 11 is 3.12. The van der Waals surface area contributed by atoms with Gasteiger partial charge in [0.2, 0.25) is 0 Å². The molecule has 150 valence electrons. The van der Waals surface area contributed by atoms with Crippen LogP contribution < -0.4 is 9.47 Å². The van der Waals surface area contributed by atoms with Gasteiger partial charge in [-0.05, 0) is 36.1 Å². The largest absolute Gasteiger partial charge is 0.510 e. The van der Waals surface area contributed by atoms with Crippen LogP contribution in [-0.2, 0) is 6.42 Å². The van der Waals surface area contributed by atoms with Crippen molar-refractivity contribution in [1.29, 1.82) is 5.41 Å². The number of methoxy groups -OCH3 is 2. The van der Waals surface area contributed by atoms with Crippen molar-refractivity contribution in [3.63, 3.8) is 0 Å². The Labute approximate surface area is 177 Å². The van der Waals surface area contributed by atoms with Crippen molar-refractivity contribution in [1.82, 2.24) is 9.88 Å². The molecule has 0 unspecified atom stereocenters. The number of hydrogen-bond donors (Lipinski definition) is 2. The smallest absolute Gasteiger partial charge is 0.135 e. The zero-order valence-corrected chi connectivity index (χ0v) is 17.8. The minimum atomic E-state index is 0.194. The lowest BCUT2D eigenvalue weighted by Crippen LogP contribution is -2.28. The van der Waals surface area contributed by atoms with Crippen molar-refractivity contribution >= 4 is 34.1 Å². The average molecular weight is 428 g/mol. The number of aromatic nitrogens is 1. The predicted octanol–water partition coefficient (Wildman–Crippen LogP) is 4.69. The number of aliphatic hydroxyl groups is 1. The van der Waals surface area contributed by atoms with E-state index in [0.29, 0.717) is 41.0 Å². The van der Waals surface area contributed by atoms with Crippen LogP contribution in [0.2, 0.25) is 0 Å². The maximum atomic E-state index is 10.5. The quantitative estimate of drug-likeness (QED) is 0.572. The van der Waals surface area contributed by atoms with E-state index in [9.17, 15) is 5.11 Å². The lowest BCUT2D eigenvalue weighted by Gasteiger charge is -2.17. The van der Waals surface area contributed by atoms with E-state index in [4.69, 9.17) is 19.9 Å². The molecule has 29 heavy (non-hydrogen) atoms. The molecule has 8 heteroatoms. The molecular weight excluding hydrogens is 406 g/mol. The topological polar surface area (TPSA) is 78.7 Å². The van der Waals surface area contributed by atoms with Gasteiger partial charge in [0.1, 0.15) is 28.1 Å². The van der Waals surface area contributed by atoms with E-state index in [2.05, 4.69) is 11.4 Å². The number of amidine groups is 1. The zero-order valence-electron chi connectivity index (χ0n) is 16.1. The van der Waals surface area contributed by atoms with Gasteiger partial charge in [0, 0.05) is 22.4 Å². The van der Waals surface area contributed by atoms with Gasteiger partial charge in [-0.2, -0.15) is 0 Å². The average Bonchev–Trinajstić information content (AvgIpc) is 3.47. The summed E-state index contributed by atoms with van der Waals surface area (Å²) in [7, 11) is 3.23. The summed E-state index contributed by atoms with van der Waals surface area (Å²) < 4.78 is 10.8. The molecule has 0 saturated carbocycles. The Morgan fingerprint density at radius 2 is 2.07 bits per heavy atom. The number of nitrogens with one attached hydrogen (secondary N) is 1. The highest BCUT2D eigenvalue weighted by Crippen LogP contribution is 2.37. The number of thiazole rings is 1. The van der Waals surface area contributed by atoms with Crippen molar-refractivity contribution in [2.75, 3.05) is 27.3 Å². The molecule has 1 aromatic carbocycles. The number of hydrogen-bond acceptors (Lipinski definition) is 7. The van der Waals surface area contributed by atoms with E-state index in [1.807, 2.05) is 34.5 Å². The Morgan fingerprint density at radius 1 is 1.21 bits per heavy atom. The van der Waals surface area contributed by atoms with E-state index in [1.165, 1.54) is 16.2 Å². The van der Waals surface area contributed by atoms with Crippen LogP contribution in [0.4, 0.5) is 0 Å². The first-order valence-corrected chi connectivity index (χ1v) is 10.8. The summed E-state index contributed by atoms with van der Waals surface area (Å²) in [6.07, 6.45) is 0.852. The molecule has 6 nitrogen and oxygen atoms in total. The monoisotopic (exact) mass is 427 g/mol. The summed E-state index contributed by atoms with van der Waals surface area (Å²) in [5.41, 5.74) is 2.05.